The highest BCUT2D eigenvalue weighted by molar-refractivity contribution is 5.81. The third kappa shape index (κ3) is 2.87. The lowest BCUT2D eigenvalue weighted by atomic mass is 10.2. The van der Waals surface area contributed by atoms with Crippen LogP contribution in [0.3, 0.4) is 0 Å². The Labute approximate surface area is 95.4 Å². The van der Waals surface area contributed by atoms with E-state index in [1.807, 2.05) is 20.8 Å². The van der Waals surface area contributed by atoms with Crippen LogP contribution in [0.25, 0.3) is 0 Å². The third-order valence-corrected chi connectivity index (χ3v) is 2.70. The molecule has 0 aliphatic carbocycles. The number of carboxylic acids is 1. The molecule has 0 saturated carbocycles. The number of aliphatic carboxylic acids is 1. The average Bonchev–Trinajstić information content (AvgIpc) is 2.56. The van der Waals surface area contributed by atoms with Gasteiger partial charge in [-0.3, -0.25) is 4.90 Å². The highest BCUT2D eigenvalue weighted by atomic mass is 16.6. The molecule has 0 radical (unpaired) electrons. The van der Waals surface area contributed by atoms with Crippen LogP contribution in [0.15, 0.2) is 0 Å². The number of carboxylic acid groups (broad SMARTS) is 1. The standard InChI is InChI=1S/C11H19NO4/c1-7(2)6-16-11(15)12-8(3)4-5-9(12)10(13)14/h7-9H,4-6H2,1-3H3,(H,13,14). The van der Waals surface area contributed by atoms with Crippen molar-refractivity contribution in [2.75, 3.05) is 6.61 Å². The van der Waals surface area contributed by atoms with Crippen molar-refractivity contribution in [3.8, 4) is 0 Å². The lowest BCUT2D eigenvalue weighted by molar-refractivity contribution is -0.142. The molecular formula is C11H19NO4. The summed E-state index contributed by atoms with van der Waals surface area (Å²) in [5.41, 5.74) is 0. The van der Waals surface area contributed by atoms with Crippen molar-refractivity contribution in [1.29, 1.82) is 0 Å². The summed E-state index contributed by atoms with van der Waals surface area (Å²) in [5.74, 6) is -0.698. The molecule has 1 aliphatic rings. The summed E-state index contributed by atoms with van der Waals surface area (Å²) >= 11 is 0. The minimum absolute atomic E-state index is 0.0548. The number of rotatable bonds is 3. The van der Waals surface area contributed by atoms with Crippen molar-refractivity contribution < 1.29 is 19.4 Å². The summed E-state index contributed by atoms with van der Waals surface area (Å²) in [6, 6.07) is -0.782. The smallest absolute Gasteiger partial charge is 0.410 e. The van der Waals surface area contributed by atoms with Crippen LogP contribution in [0, 0.1) is 5.92 Å². The van der Waals surface area contributed by atoms with E-state index in [1.54, 1.807) is 0 Å². The molecule has 1 saturated heterocycles. The summed E-state index contributed by atoms with van der Waals surface area (Å²) in [6.45, 7) is 6.05. The fraction of sp³-hybridized carbons (Fsp3) is 0.818. The number of carbonyl (C=O) groups is 2. The first kappa shape index (κ1) is 12.8. The fourth-order valence-corrected chi connectivity index (χ4v) is 1.85. The van der Waals surface area contributed by atoms with Gasteiger partial charge in [-0.1, -0.05) is 13.8 Å². The first-order valence-electron chi connectivity index (χ1n) is 5.61. The van der Waals surface area contributed by atoms with E-state index >= 15 is 0 Å². The number of ether oxygens (including phenoxy) is 1. The molecule has 0 aromatic carbocycles. The Kier molecular flexibility index (Phi) is 4.15. The minimum Gasteiger partial charge on any atom is -0.480 e. The van der Waals surface area contributed by atoms with Crippen LogP contribution in [0.5, 0.6) is 0 Å². The summed E-state index contributed by atoms with van der Waals surface area (Å²) in [7, 11) is 0. The lowest BCUT2D eigenvalue weighted by Gasteiger charge is -2.25. The van der Waals surface area contributed by atoms with Gasteiger partial charge in [-0.2, -0.15) is 0 Å². The predicted octanol–water partition coefficient (Wildman–Crippen LogP) is 1.72. The van der Waals surface area contributed by atoms with E-state index in [0.717, 1.165) is 0 Å². The first-order valence-corrected chi connectivity index (χ1v) is 5.61. The van der Waals surface area contributed by atoms with E-state index in [-0.39, 0.29) is 12.0 Å². The number of likely N-dealkylation sites (tertiary alicyclic amines) is 1. The Morgan fingerprint density at radius 1 is 1.44 bits per heavy atom. The van der Waals surface area contributed by atoms with Crippen LogP contribution >= 0.6 is 0 Å². The molecule has 1 aliphatic heterocycles. The SMILES string of the molecule is CC(C)COC(=O)N1C(C)CCC1C(=O)O. The third-order valence-electron chi connectivity index (χ3n) is 2.70. The van der Waals surface area contributed by atoms with Crippen molar-refractivity contribution in [2.24, 2.45) is 5.92 Å². The number of carbonyl (C=O) groups excluding carboxylic acids is 1. The maximum absolute atomic E-state index is 11.7. The molecule has 0 spiro atoms. The second kappa shape index (κ2) is 5.18. The molecule has 16 heavy (non-hydrogen) atoms. The maximum Gasteiger partial charge on any atom is 0.410 e. The van der Waals surface area contributed by atoms with Gasteiger partial charge in [0.15, 0.2) is 0 Å². The molecule has 2 atom stereocenters. The van der Waals surface area contributed by atoms with Crippen LogP contribution in [-0.2, 0) is 9.53 Å². The van der Waals surface area contributed by atoms with Gasteiger partial charge in [-0.25, -0.2) is 9.59 Å². The van der Waals surface area contributed by atoms with Gasteiger partial charge in [0.2, 0.25) is 0 Å². The average molecular weight is 229 g/mol. The zero-order valence-electron chi connectivity index (χ0n) is 9.97. The maximum atomic E-state index is 11.7. The largest absolute Gasteiger partial charge is 0.480 e. The summed E-state index contributed by atoms with van der Waals surface area (Å²) in [6.07, 6.45) is 0.715. The van der Waals surface area contributed by atoms with E-state index in [0.29, 0.717) is 19.4 Å². The zero-order valence-corrected chi connectivity index (χ0v) is 9.97. The number of amides is 1. The Hall–Kier alpha value is -1.26. The quantitative estimate of drug-likeness (QED) is 0.800. The molecule has 1 N–H and O–H groups in total. The topological polar surface area (TPSA) is 66.8 Å². The van der Waals surface area contributed by atoms with Crippen LogP contribution in [0.2, 0.25) is 0 Å². The Bertz CT molecular complexity index is 277. The van der Waals surface area contributed by atoms with Gasteiger partial charge in [0, 0.05) is 6.04 Å². The van der Waals surface area contributed by atoms with E-state index in [9.17, 15) is 9.59 Å². The first-order chi connectivity index (χ1) is 7.43. The summed E-state index contributed by atoms with van der Waals surface area (Å²) in [5, 5.41) is 8.98. The van der Waals surface area contributed by atoms with E-state index in [2.05, 4.69) is 0 Å². The van der Waals surface area contributed by atoms with Crippen LogP contribution < -0.4 is 0 Å². The molecule has 1 heterocycles. The molecule has 0 bridgehead atoms. The fourth-order valence-electron chi connectivity index (χ4n) is 1.85. The second-order valence-electron chi connectivity index (χ2n) is 4.66. The molecule has 5 heteroatoms. The highest BCUT2D eigenvalue weighted by Gasteiger charge is 2.39. The zero-order chi connectivity index (χ0) is 12.3. The van der Waals surface area contributed by atoms with Gasteiger partial charge >= 0.3 is 12.1 Å². The van der Waals surface area contributed by atoms with E-state index in [1.165, 1.54) is 4.90 Å². The monoisotopic (exact) mass is 229 g/mol. The van der Waals surface area contributed by atoms with Crippen LogP contribution in [0.1, 0.15) is 33.6 Å². The molecule has 92 valence electrons. The van der Waals surface area contributed by atoms with Gasteiger partial charge in [-0.05, 0) is 25.7 Å². The highest BCUT2D eigenvalue weighted by Crippen LogP contribution is 2.24. The molecular weight excluding hydrogens is 210 g/mol. The van der Waals surface area contributed by atoms with Crippen molar-refractivity contribution in [3.63, 3.8) is 0 Å². The van der Waals surface area contributed by atoms with Crippen LogP contribution in [0.4, 0.5) is 4.79 Å². The lowest BCUT2D eigenvalue weighted by Crippen LogP contribution is -2.44. The molecule has 0 aromatic rings. The van der Waals surface area contributed by atoms with Gasteiger partial charge < -0.3 is 9.84 Å². The number of hydrogen-bond donors (Lipinski definition) is 1. The van der Waals surface area contributed by atoms with Gasteiger partial charge in [0.05, 0.1) is 6.61 Å². The Morgan fingerprint density at radius 3 is 2.56 bits per heavy atom. The molecule has 1 fully saturated rings. The van der Waals surface area contributed by atoms with Crippen molar-refractivity contribution >= 4 is 12.1 Å². The van der Waals surface area contributed by atoms with Gasteiger partial charge in [0.25, 0.3) is 0 Å². The number of nitrogens with zero attached hydrogens (tertiary/aromatic N) is 1. The summed E-state index contributed by atoms with van der Waals surface area (Å²) in [4.78, 5) is 24.0. The normalized spacial score (nSPS) is 24.9. The van der Waals surface area contributed by atoms with Crippen molar-refractivity contribution in [3.05, 3.63) is 0 Å². The molecule has 1 amide bonds. The van der Waals surface area contributed by atoms with Crippen molar-refractivity contribution in [1.82, 2.24) is 4.90 Å². The Balaban J connectivity index is 2.61. The van der Waals surface area contributed by atoms with Crippen LogP contribution in [-0.4, -0.2) is 40.8 Å². The van der Waals surface area contributed by atoms with E-state index in [4.69, 9.17) is 9.84 Å². The molecule has 2 unspecified atom stereocenters. The molecule has 5 nitrogen and oxygen atoms in total. The van der Waals surface area contributed by atoms with E-state index < -0.39 is 18.1 Å². The molecule has 0 aromatic heterocycles. The van der Waals surface area contributed by atoms with Crippen molar-refractivity contribution in [2.45, 2.75) is 45.7 Å². The number of hydrogen-bond acceptors (Lipinski definition) is 3. The van der Waals surface area contributed by atoms with Gasteiger partial charge in [0.1, 0.15) is 6.04 Å². The van der Waals surface area contributed by atoms with Gasteiger partial charge in [-0.15, -0.1) is 0 Å². The predicted molar refractivity (Wildman–Crippen MR) is 58.1 cm³/mol. The minimum atomic E-state index is -0.953. The Morgan fingerprint density at radius 2 is 2.06 bits per heavy atom. The summed E-state index contributed by atoms with van der Waals surface area (Å²) < 4.78 is 5.06. The molecule has 1 rings (SSSR count). The second-order valence-corrected chi connectivity index (χ2v) is 4.66.